The largest absolute Gasteiger partial charge is 0.347 e. The first kappa shape index (κ1) is 15.8. The average Bonchev–Trinajstić information content (AvgIpc) is 3.17. The van der Waals surface area contributed by atoms with Crippen LogP contribution in [0.5, 0.6) is 0 Å². The van der Waals surface area contributed by atoms with Gasteiger partial charge in [0.1, 0.15) is 5.69 Å². The van der Waals surface area contributed by atoms with Crippen LogP contribution in [0.25, 0.3) is 5.69 Å². The number of carbonyl (C=O) groups excluding carboxylic acids is 1. The molecule has 0 aliphatic heterocycles. The van der Waals surface area contributed by atoms with Crippen LogP contribution in [0.3, 0.4) is 0 Å². The molecule has 1 atom stereocenters. The SMILES string of the molecule is CC(Cn1ccnc1)NC(=O)c1cccn1-c1cccc(I)c1. The van der Waals surface area contributed by atoms with Gasteiger partial charge in [0, 0.05) is 40.4 Å². The Kier molecular flexibility index (Phi) is 4.80. The second-order valence-electron chi connectivity index (χ2n) is 5.38. The maximum atomic E-state index is 12.6. The van der Waals surface area contributed by atoms with Gasteiger partial charge in [-0.25, -0.2) is 4.98 Å². The van der Waals surface area contributed by atoms with Crippen LogP contribution in [-0.4, -0.2) is 26.1 Å². The number of hydrogen-bond acceptors (Lipinski definition) is 2. The molecule has 3 aromatic rings. The first-order chi connectivity index (χ1) is 11.1. The third-order valence-corrected chi connectivity index (χ3v) is 4.16. The van der Waals surface area contributed by atoms with Crippen molar-refractivity contribution in [3.8, 4) is 5.69 Å². The minimum absolute atomic E-state index is 0.0101. The maximum Gasteiger partial charge on any atom is 0.268 e. The normalized spacial score (nSPS) is 12.1. The van der Waals surface area contributed by atoms with Crippen molar-refractivity contribution in [2.45, 2.75) is 19.5 Å². The van der Waals surface area contributed by atoms with Crippen molar-refractivity contribution in [3.63, 3.8) is 0 Å². The van der Waals surface area contributed by atoms with Crippen molar-refractivity contribution in [2.75, 3.05) is 0 Å². The van der Waals surface area contributed by atoms with E-state index >= 15 is 0 Å². The summed E-state index contributed by atoms with van der Waals surface area (Å²) in [5.41, 5.74) is 1.61. The molecule has 0 aliphatic carbocycles. The minimum Gasteiger partial charge on any atom is -0.347 e. The highest BCUT2D eigenvalue weighted by Gasteiger charge is 2.14. The van der Waals surface area contributed by atoms with E-state index in [0.29, 0.717) is 12.2 Å². The summed E-state index contributed by atoms with van der Waals surface area (Å²) in [6.45, 7) is 2.67. The second-order valence-corrected chi connectivity index (χ2v) is 6.62. The Balaban J connectivity index is 1.74. The lowest BCUT2D eigenvalue weighted by Crippen LogP contribution is -2.36. The molecule has 118 valence electrons. The predicted molar refractivity (Wildman–Crippen MR) is 97.6 cm³/mol. The number of rotatable bonds is 5. The molecule has 2 aromatic heterocycles. The lowest BCUT2D eigenvalue weighted by atomic mass is 10.3. The third-order valence-electron chi connectivity index (χ3n) is 3.49. The van der Waals surface area contributed by atoms with Crippen LogP contribution < -0.4 is 5.32 Å². The number of carbonyl (C=O) groups is 1. The van der Waals surface area contributed by atoms with Gasteiger partial charge < -0.3 is 14.5 Å². The summed E-state index contributed by atoms with van der Waals surface area (Å²) < 4.78 is 4.99. The predicted octanol–water partition coefficient (Wildman–Crippen LogP) is 3.10. The number of amides is 1. The Morgan fingerprint density at radius 1 is 1.30 bits per heavy atom. The van der Waals surface area contributed by atoms with Crippen molar-refractivity contribution in [2.24, 2.45) is 0 Å². The molecule has 0 bridgehead atoms. The molecule has 3 rings (SSSR count). The summed E-state index contributed by atoms with van der Waals surface area (Å²) in [6.07, 6.45) is 7.27. The fourth-order valence-electron chi connectivity index (χ4n) is 2.47. The van der Waals surface area contributed by atoms with Gasteiger partial charge in [-0.3, -0.25) is 4.79 Å². The molecular formula is C17H17IN4O. The van der Waals surface area contributed by atoms with Gasteiger partial charge in [-0.1, -0.05) is 6.07 Å². The van der Waals surface area contributed by atoms with Gasteiger partial charge in [-0.2, -0.15) is 0 Å². The summed E-state index contributed by atoms with van der Waals surface area (Å²) in [6, 6.07) is 11.8. The Morgan fingerprint density at radius 2 is 2.17 bits per heavy atom. The Morgan fingerprint density at radius 3 is 2.91 bits per heavy atom. The first-order valence-corrected chi connectivity index (χ1v) is 8.41. The molecule has 1 N–H and O–H groups in total. The van der Waals surface area contributed by atoms with Crippen LogP contribution in [0.2, 0.25) is 0 Å². The zero-order valence-electron chi connectivity index (χ0n) is 12.7. The van der Waals surface area contributed by atoms with E-state index in [1.54, 1.807) is 12.5 Å². The summed E-state index contributed by atoms with van der Waals surface area (Å²) in [5, 5.41) is 3.04. The highest BCUT2D eigenvalue weighted by Crippen LogP contribution is 2.16. The topological polar surface area (TPSA) is 51.9 Å². The highest BCUT2D eigenvalue weighted by molar-refractivity contribution is 14.1. The average molecular weight is 420 g/mol. The monoisotopic (exact) mass is 420 g/mol. The second kappa shape index (κ2) is 6.99. The van der Waals surface area contributed by atoms with Crippen LogP contribution in [-0.2, 0) is 6.54 Å². The van der Waals surface area contributed by atoms with Gasteiger partial charge in [-0.05, 0) is 59.8 Å². The molecule has 0 aliphatic rings. The summed E-state index contributed by atoms with van der Waals surface area (Å²) >= 11 is 2.27. The summed E-state index contributed by atoms with van der Waals surface area (Å²) in [7, 11) is 0. The molecule has 1 amide bonds. The van der Waals surface area contributed by atoms with Crippen LogP contribution in [0.15, 0.2) is 61.3 Å². The number of hydrogen-bond donors (Lipinski definition) is 1. The quantitative estimate of drug-likeness (QED) is 0.646. The Hall–Kier alpha value is -2.09. The standard InChI is InChI=1S/C17H17IN4O/c1-13(11-21-9-7-19-12-21)20-17(23)16-6-3-8-22(16)15-5-2-4-14(18)10-15/h2-10,12-13H,11H2,1H3,(H,20,23). The van der Waals surface area contributed by atoms with Gasteiger partial charge in [0.15, 0.2) is 0 Å². The van der Waals surface area contributed by atoms with Crippen LogP contribution >= 0.6 is 22.6 Å². The van der Waals surface area contributed by atoms with E-state index < -0.39 is 0 Å². The highest BCUT2D eigenvalue weighted by atomic mass is 127. The molecule has 0 saturated carbocycles. The van der Waals surface area contributed by atoms with Crippen molar-refractivity contribution in [1.29, 1.82) is 0 Å². The van der Waals surface area contributed by atoms with Gasteiger partial charge in [0.25, 0.3) is 5.91 Å². The lowest BCUT2D eigenvalue weighted by Gasteiger charge is -2.16. The molecule has 6 heteroatoms. The molecule has 23 heavy (non-hydrogen) atoms. The van der Waals surface area contributed by atoms with E-state index in [2.05, 4.69) is 32.9 Å². The molecular weight excluding hydrogens is 403 g/mol. The molecule has 1 unspecified atom stereocenters. The smallest absolute Gasteiger partial charge is 0.268 e. The number of imidazole rings is 1. The van der Waals surface area contributed by atoms with Crippen molar-refractivity contribution >= 4 is 28.5 Å². The number of nitrogens with one attached hydrogen (secondary N) is 1. The van der Waals surface area contributed by atoms with Crippen LogP contribution in [0, 0.1) is 3.57 Å². The van der Waals surface area contributed by atoms with Crippen LogP contribution in [0.4, 0.5) is 0 Å². The lowest BCUT2D eigenvalue weighted by molar-refractivity contribution is 0.0930. The van der Waals surface area contributed by atoms with Gasteiger partial charge in [0.05, 0.1) is 6.33 Å². The van der Waals surface area contributed by atoms with E-state index in [9.17, 15) is 4.79 Å². The first-order valence-electron chi connectivity index (χ1n) is 7.33. The number of aromatic nitrogens is 3. The maximum absolute atomic E-state index is 12.6. The molecule has 0 spiro atoms. The van der Waals surface area contributed by atoms with Crippen molar-refractivity contribution in [1.82, 2.24) is 19.4 Å². The summed E-state index contributed by atoms with van der Waals surface area (Å²) in [5.74, 6) is -0.0820. The van der Waals surface area contributed by atoms with Crippen molar-refractivity contribution < 1.29 is 4.79 Å². The third kappa shape index (κ3) is 3.82. The van der Waals surface area contributed by atoms with E-state index in [1.165, 1.54) is 0 Å². The fourth-order valence-corrected chi connectivity index (χ4v) is 3.00. The van der Waals surface area contributed by atoms with E-state index in [-0.39, 0.29) is 11.9 Å². The molecule has 5 nitrogen and oxygen atoms in total. The molecule has 0 radical (unpaired) electrons. The number of benzene rings is 1. The molecule has 0 fully saturated rings. The summed E-state index contributed by atoms with van der Waals surface area (Å²) in [4.78, 5) is 16.6. The zero-order chi connectivity index (χ0) is 16.2. The van der Waals surface area contributed by atoms with Gasteiger partial charge in [-0.15, -0.1) is 0 Å². The molecule has 1 aromatic carbocycles. The van der Waals surface area contributed by atoms with Gasteiger partial charge in [0.2, 0.25) is 0 Å². The van der Waals surface area contributed by atoms with E-state index in [4.69, 9.17) is 0 Å². The Labute approximate surface area is 148 Å². The van der Waals surface area contributed by atoms with Crippen molar-refractivity contribution in [3.05, 3.63) is 70.6 Å². The fraction of sp³-hybridized carbons (Fsp3) is 0.176. The van der Waals surface area contributed by atoms with E-state index in [1.807, 2.05) is 64.8 Å². The van der Waals surface area contributed by atoms with Crippen LogP contribution in [0.1, 0.15) is 17.4 Å². The number of nitrogens with zero attached hydrogens (tertiary/aromatic N) is 3. The zero-order valence-corrected chi connectivity index (χ0v) is 14.8. The molecule has 0 saturated heterocycles. The minimum atomic E-state index is -0.0820. The molecule has 2 heterocycles. The van der Waals surface area contributed by atoms with E-state index in [0.717, 1.165) is 9.26 Å². The van der Waals surface area contributed by atoms with Gasteiger partial charge >= 0.3 is 0 Å². The number of halogens is 1. The Bertz CT molecular complexity index is 795.